The van der Waals surface area contributed by atoms with Crippen LogP contribution < -0.4 is 21.6 Å². The van der Waals surface area contributed by atoms with Crippen molar-refractivity contribution < 1.29 is 34.2 Å². The molecule has 0 aliphatic carbocycles. The summed E-state index contributed by atoms with van der Waals surface area (Å²) in [5, 5.41) is 44.6. The third kappa shape index (κ3) is 5.09. The van der Waals surface area contributed by atoms with Crippen molar-refractivity contribution in [2.24, 2.45) is 0 Å². The number of nitro groups is 1. The molecule has 0 radical (unpaired) electrons. The first-order chi connectivity index (χ1) is 14.7. The van der Waals surface area contributed by atoms with Crippen LogP contribution in [0.4, 0.5) is 5.69 Å². The number of nitrogens with zero attached hydrogens (tertiary/aromatic N) is 1. The van der Waals surface area contributed by atoms with Crippen LogP contribution in [0.25, 0.3) is 0 Å². The lowest BCUT2D eigenvalue weighted by Gasteiger charge is -2.15. The molecule has 11 nitrogen and oxygen atoms in total. The summed E-state index contributed by atoms with van der Waals surface area (Å²) in [6.45, 7) is 1.88. The Bertz CT molecular complexity index is 1030. The van der Waals surface area contributed by atoms with Crippen LogP contribution in [0.3, 0.4) is 0 Å². The molecule has 13 heteroatoms. The molecule has 1 unspecified atom stereocenters. The van der Waals surface area contributed by atoms with Gasteiger partial charge >= 0.3 is 14.2 Å². The Morgan fingerprint density at radius 1 is 1.26 bits per heavy atom. The highest BCUT2D eigenvalue weighted by molar-refractivity contribution is 6.61. The molecule has 1 aliphatic rings. The van der Waals surface area contributed by atoms with E-state index in [1.54, 1.807) is 19.1 Å². The van der Waals surface area contributed by atoms with E-state index in [0.717, 1.165) is 23.8 Å². The third-order valence-corrected chi connectivity index (χ3v) is 4.78. The highest BCUT2D eigenvalue weighted by atomic mass is 16.6. The first kappa shape index (κ1) is 22.4. The van der Waals surface area contributed by atoms with Gasteiger partial charge in [0.05, 0.1) is 11.5 Å². The molecule has 0 fully saturated rings. The molecule has 2 aromatic rings. The Morgan fingerprint density at radius 3 is 2.68 bits per heavy atom. The minimum absolute atomic E-state index is 0.0246. The average Bonchev–Trinajstić information content (AvgIpc) is 3.11. The van der Waals surface area contributed by atoms with E-state index in [2.05, 4.69) is 10.6 Å². The Hall–Kier alpha value is -3.25. The predicted molar refractivity (Wildman–Crippen MR) is 111 cm³/mol. The highest BCUT2D eigenvalue weighted by Gasteiger charge is 2.28. The summed E-state index contributed by atoms with van der Waals surface area (Å²) in [7, 11) is -2.97. The van der Waals surface area contributed by atoms with E-state index >= 15 is 0 Å². The zero-order valence-electron chi connectivity index (χ0n) is 16.4. The summed E-state index contributed by atoms with van der Waals surface area (Å²) < 4.78 is 5.09. The van der Waals surface area contributed by atoms with Crippen LogP contribution in [0.5, 0.6) is 0 Å². The zero-order valence-corrected chi connectivity index (χ0v) is 16.4. The van der Waals surface area contributed by atoms with Gasteiger partial charge in [-0.2, -0.15) is 0 Å². The molecular formula is C18H19B2N3O8. The summed E-state index contributed by atoms with van der Waals surface area (Å²) in [6.07, 6.45) is 0. The van der Waals surface area contributed by atoms with Crippen LogP contribution in [0, 0.1) is 10.1 Å². The molecule has 0 saturated carbocycles. The number of carbonyl (C=O) groups excluding carboxylic acids is 2. The second-order valence-electron chi connectivity index (χ2n) is 7.07. The number of carbonyl (C=O) groups is 2. The van der Waals surface area contributed by atoms with Crippen molar-refractivity contribution in [3.63, 3.8) is 0 Å². The van der Waals surface area contributed by atoms with Crippen molar-refractivity contribution in [3.8, 4) is 0 Å². The van der Waals surface area contributed by atoms with Crippen LogP contribution >= 0.6 is 0 Å². The predicted octanol–water partition coefficient (Wildman–Crippen LogP) is -1.96. The fraction of sp³-hybridized carbons (Fsp3) is 0.222. The molecule has 1 aliphatic heterocycles. The topological polar surface area (TPSA) is 171 Å². The van der Waals surface area contributed by atoms with E-state index in [9.17, 15) is 34.8 Å². The number of rotatable bonds is 7. The molecule has 1 atom stereocenters. The molecule has 160 valence electrons. The monoisotopic (exact) mass is 427 g/mol. The standard InChI is InChI=1S/C18H19B2N3O8/c1-10(8-21-17(24)11-2-3-12-9-31-20(28)15(12)6-11)22-18(25)14-7-13(19(26)27)4-5-16(14)23(29)30/h2-7,10,26-28H,8-9H2,1H3,(H,21,24)(H,22,25). The molecule has 1 heterocycles. The van der Waals surface area contributed by atoms with Crippen LogP contribution in [0.1, 0.15) is 33.2 Å². The number of fused-ring (bicyclic) bond motifs is 1. The molecular weight excluding hydrogens is 408 g/mol. The van der Waals surface area contributed by atoms with Gasteiger partial charge in [-0.25, -0.2) is 0 Å². The fourth-order valence-corrected chi connectivity index (χ4v) is 3.11. The van der Waals surface area contributed by atoms with Gasteiger partial charge in [0.1, 0.15) is 5.56 Å². The minimum atomic E-state index is -1.89. The van der Waals surface area contributed by atoms with Gasteiger partial charge in [0, 0.05) is 24.2 Å². The number of hydrogen-bond acceptors (Lipinski definition) is 8. The summed E-state index contributed by atoms with van der Waals surface area (Å²) in [6, 6.07) is 7.40. The minimum Gasteiger partial charge on any atom is -0.423 e. The van der Waals surface area contributed by atoms with Gasteiger partial charge in [0.15, 0.2) is 0 Å². The van der Waals surface area contributed by atoms with Crippen molar-refractivity contribution in [2.45, 2.75) is 19.6 Å². The average molecular weight is 427 g/mol. The Labute approximate surface area is 177 Å². The van der Waals surface area contributed by atoms with Crippen LogP contribution in [-0.2, 0) is 11.3 Å². The quantitative estimate of drug-likeness (QED) is 0.193. The number of nitrogens with one attached hydrogen (secondary N) is 2. The van der Waals surface area contributed by atoms with E-state index < -0.39 is 42.7 Å². The first-order valence-corrected chi connectivity index (χ1v) is 9.33. The zero-order chi connectivity index (χ0) is 22.7. The highest BCUT2D eigenvalue weighted by Crippen LogP contribution is 2.17. The Morgan fingerprint density at radius 2 is 2.00 bits per heavy atom. The summed E-state index contributed by atoms with van der Waals surface area (Å²) in [4.78, 5) is 35.3. The van der Waals surface area contributed by atoms with Gasteiger partial charge in [-0.05, 0) is 41.6 Å². The first-order valence-electron chi connectivity index (χ1n) is 9.33. The van der Waals surface area contributed by atoms with E-state index in [1.807, 2.05) is 0 Å². The maximum Gasteiger partial charge on any atom is 0.491 e. The van der Waals surface area contributed by atoms with Gasteiger partial charge in [-0.1, -0.05) is 12.1 Å². The summed E-state index contributed by atoms with van der Waals surface area (Å²) >= 11 is 0. The molecule has 0 aromatic heterocycles. The van der Waals surface area contributed by atoms with E-state index in [1.165, 1.54) is 6.07 Å². The molecule has 5 N–H and O–H groups in total. The molecule has 2 amide bonds. The van der Waals surface area contributed by atoms with Crippen molar-refractivity contribution >= 4 is 42.7 Å². The van der Waals surface area contributed by atoms with Crippen LogP contribution in [0.2, 0.25) is 0 Å². The summed E-state index contributed by atoms with van der Waals surface area (Å²) in [5.74, 6) is -1.23. The van der Waals surface area contributed by atoms with Crippen molar-refractivity contribution in [1.82, 2.24) is 10.6 Å². The van der Waals surface area contributed by atoms with Gasteiger partial charge in [-0.15, -0.1) is 0 Å². The lowest BCUT2D eigenvalue weighted by Crippen LogP contribution is -2.42. The Kier molecular flexibility index (Phi) is 6.71. The molecule has 0 bridgehead atoms. The van der Waals surface area contributed by atoms with E-state index in [4.69, 9.17) is 4.65 Å². The number of amides is 2. The largest absolute Gasteiger partial charge is 0.491 e. The van der Waals surface area contributed by atoms with Crippen molar-refractivity contribution in [2.75, 3.05) is 6.54 Å². The van der Waals surface area contributed by atoms with Gasteiger partial charge < -0.3 is 30.4 Å². The molecule has 0 spiro atoms. The van der Waals surface area contributed by atoms with Crippen LogP contribution in [0.15, 0.2) is 36.4 Å². The summed E-state index contributed by atoms with van der Waals surface area (Å²) in [5.41, 5.74) is 0.730. The molecule has 31 heavy (non-hydrogen) atoms. The maximum atomic E-state index is 12.5. The normalized spacial score (nSPS) is 13.4. The van der Waals surface area contributed by atoms with E-state index in [-0.39, 0.29) is 24.2 Å². The van der Waals surface area contributed by atoms with Gasteiger partial charge in [0.2, 0.25) is 0 Å². The van der Waals surface area contributed by atoms with Crippen molar-refractivity contribution in [1.29, 1.82) is 0 Å². The fourth-order valence-electron chi connectivity index (χ4n) is 3.11. The Balaban J connectivity index is 1.63. The maximum absolute atomic E-state index is 12.5. The van der Waals surface area contributed by atoms with Gasteiger partial charge in [0.25, 0.3) is 17.5 Å². The van der Waals surface area contributed by atoms with Gasteiger partial charge in [-0.3, -0.25) is 19.7 Å². The second kappa shape index (κ2) is 9.27. The lowest BCUT2D eigenvalue weighted by atomic mass is 9.79. The van der Waals surface area contributed by atoms with Crippen LogP contribution in [-0.4, -0.2) is 58.6 Å². The molecule has 2 aromatic carbocycles. The number of benzene rings is 2. The van der Waals surface area contributed by atoms with Crippen molar-refractivity contribution in [3.05, 3.63) is 63.2 Å². The molecule has 0 saturated heterocycles. The number of nitro benzene ring substituents is 1. The number of hydrogen-bond donors (Lipinski definition) is 5. The smallest absolute Gasteiger partial charge is 0.423 e. The van der Waals surface area contributed by atoms with E-state index in [0.29, 0.717) is 11.0 Å². The SMILES string of the molecule is CC(CNC(=O)c1ccc2c(c1)B(O)OC2)NC(=O)c1cc(B(O)O)ccc1[N+](=O)[O-]. The third-order valence-electron chi connectivity index (χ3n) is 4.78. The lowest BCUT2D eigenvalue weighted by molar-refractivity contribution is -0.385. The molecule has 3 rings (SSSR count). The second-order valence-corrected chi connectivity index (χ2v) is 7.07.